The molecule has 2 atom stereocenters. The van der Waals surface area contributed by atoms with E-state index < -0.39 is 6.10 Å². The molecule has 1 N–H and O–H groups in total. The fourth-order valence-corrected chi connectivity index (χ4v) is 2.19. The highest BCUT2D eigenvalue weighted by molar-refractivity contribution is 5.85. The minimum Gasteiger partial charge on any atom is -0.481 e. The maximum Gasteiger partial charge on any atom is 0.263 e. The fraction of sp³-hybridized carbons (Fsp3) is 0.500. The molecule has 106 valence electrons. The lowest BCUT2D eigenvalue weighted by Crippen LogP contribution is -2.44. The lowest BCUT2D eigenvalue weighted by molar-refractivity contribution is -0.138. The van der Waals surface area contributed by atoms with E-state index in [-0.39, 0.29) is 18.3 Å². The molecule has 1 aliphatic rings. The van der Waals surface area contributed by atoms with Crippen molar-refractivity contribution in [2.45, 2.75) is 25.5 Å². The number of nitrogens with zero attached hydrogens (tertiary/aromatic N) is 1. The van der Waals surface area contributed by atoms with Crippen molar-refractivity contribution in [3.05, 3.63) is 30.3 Å². The Labute approximate surface area is 120 Å². The van der Waals surface area contributed by atoms with Crippen LogP contribution < -0.4 is 10.1 Å². The number of ether oxygens (including phenoxy) is 1. The van der Waals surface area contributed by atoms with Gasteiger partial charge < -0.3 is 15.0 Å². The Balaban J connectivity index is 0.00000180. The summed E-state index contributed by atoms with van der Waals surface area (Å²) in [7, 11) is 1.85. The van der Waals surface area contributed by atoms with Gasteiger partial charge in [0.05, 0.1) is 0 Å². The van der Waals surface area contributed by atoms with Crippen LogP contribution in [0.2, 0.25) is 0 Å². The van der Waals surface area contributed by atoms with Gasteiger partial charge in [-0.3, -0.25) is 4.79 Å². The molecule has 4 nitrogen and oxygen atoms in total. The summed E-state index contributed by atoms with van der Waals surface area (Å²) in [5.41, 5.74) is 0. The first-order chi connectivity index (χ1) is 8.68. The topological polar surface area (TPSA) is 41.6 Å². The van der Waals surface area contributed by atoms with E-state index in [2.05, 4.69) is 5.32 Å². The second-order valence-corrected chi connectivity index (χ2v) is 4.67. The number of benzene rings is 1. The van der Waals surface area contributed by atoms with Crippen molar-refractivity contribution >= 4 is 18.3 Å². The van der Waals surface area contributed by atoms with Crippen LogP contribution in [-0.4, -0.2) is 43.1 Å². The predicted octanol–water partition coefficient (Wildman–Crippen LogP) is 1.70. The van der Waals surface area contributed by atoms with Crippen LogP contribution in [0.25, 0.3) is 0 Å². The normalized spacial score (nSPS) is 19.4. The quantitative estimate of drug-likeness (QED) is 0.915. The number of amides is 1. The van der Waals surface area contributed by atoms with E-state index in [4.69, 9.17) is 4.74 Å². The van der Waals surface area contributed by atoms with E-state index in [1.54, 1.807) is 11.8 Å². The van der Waals surface area contributed by atoms with Gasteiger partial charge in [0, 0.05) is 19.6 Å². The number of hydrogen-bond acceptors (Lipinski definition) is 3. The molecular weight excluding hydrogens is 264 g/mol. The molecule has 2 unspecified atom stereocenters. The summed E-state index contributed by atoms with van der Waals surface area (Å²) in [6, 6.07) is 9.74. The van der Waals surface area contributed by atoms with E-state index >= 15 is 0 Å². The average Bonchev–Trinajstić information content (AvgIpc) is 2.92. The smallest absolute Gasteiger partial charge is 0.263 e. The van der Waals surface area contributed by atoms with Crippen LogP contribution in [0.4, 0.5) is 0 Å². The lowest BCUT2D eigenvalue weighted by atomic mass is 10.2. The van der Waals surface area contributed by atoms with Gasteiger partial charge >= 0.3 is 0 Å². The number of rotatable bonds is 4. The van der Waals surface area contributed by atoms with Gasteiger partial charge in [0.25, 0.3) is 5.91 Å². The van der Waals surface area contributed by atoms with Gasteiger partial charge in [-0.2, -0.15) is 0 Å². The number of para-hydroxylation sites is 1. The zero-order chi connectivity index (χ0) is 13.0. The summed E-state index contributed by atoms with van der Waals surface area (Å²) in [4.78, 5) is 14.0. The molecule has 0 aliphatic carbocycles. The van der Waals surface area contributed by atoms with Gasteiger partial charge in [0.15, 0.2) is 6.10 Å². The van der Waals surface area contributed by atoms with Crippen LogP contribution in [0.5, 0.6) is 5.75 Å². The Morgan fingerprint density at radius 2 is 2.11 bits per heavy atom. The highest BCUT2D eigenvalue weighted by Gasteiger charge is 2.27. The first kappa shape index (κ1) is 15.8. The van der Waals surface area contributed by atoms with Gasteiger partial charge in [-0.25, -0.2) is 0 Å². The van der Waals surface area contributed by atoms with Gasteiger partial charge in [-0.05, 0) is 32.0 Å². The van der Waals surface area contributed by atoms with Gasteiger partial charge in [0.1, 0.15) is 5.75 Å². The summed E-state index contributed by atoms with van der Waals surface area (Å²) in [5, 5.41) is 3.26. The third-order valence-corrected chi connectivity index (χ3v) is 3.33. The van der Waals surface area contributed by atoms with E-state index in [9.17, 15) is 4.79 Å². The average molecular weight is 285 g/mol. The van der Waals surface area contributed by atoms with Crippen molar-refractivity contribution in [2.75, 3.05) is 20.1 Å². The van der Waals surface area contributed by atoms with Crippen molar-refractivity contribution in [1.29, 1.82) is 0 Å². The molecule has 1 saturated heterocycles. The van der Waals surface area contributed by atoms with Crippen molar-refractivity contribution in [3.8, 4) is 5.75 Å². The molecule has 1 amide bonds. The van der Waals surface area contributed by atoms with Crippen LogP contribution in [-0.2, 0) is 4.79 Å². The third-order valence-electron chi connectivity index (χ3n) is 3.33. The molecule has 1 fully saturated rings. The van der Waals surface area contributed by atoms with Gasteiger partial charge in [-0.1, -0.05) is 18.2 Å². The minimum absolute atomic E-state index is 0. The molecule has 2 rings (SSSR count). The Bertz CT molecular complexity index is 394. The molecule has 1 heterocycles. The van der Waals surface area contributed by atoms with Crippen molar-refractivity contribution in [2.24, 2.45) is 0 Å². The zero-order valence-corrected chi connectivity index (χ0v) is 12.2. The lowest BCUT2D eigenvalue weighted by Gasteiger charge is -2.27. The van der Waals surface area contributed by atoms with E-state index in [0.29, 0.717) is 6.04 Å². The largest absolute Gasteiger partial charge is 0.481 e. The Morgan fingerprint density at radius 3 is 2.68 bits per heavy atom. The van der Waals surface area contributed by atoms with Crippen LogP contribution in [0, 0.1) is 0 Å². The highest BCUT2D eigenvalue weighted by atomic mass is 35.5. The van der Waals surface area contributed by atoms with Gasteiger partial charge in [0.2, 0.25) is 0 Å². The highest BCUT2D eigenvalue weighted by Crippen LogP contribution is 2.14. The molecule has 0 aromatic heterocycles. The van der Waals surface area contributed by atoms with Crippen LogP contribution >= 0.6 is 12.4 Å². The number of carbonyl (C=O) groups excluding carboxylic acids is 1. The molecule has 19 heavy (non-hydrogen) atoms. The standard InChI is InChI=1S/C14H20N2O2.ClH/c1-11(18-13-6-4-3-5-7-13)14(17)16(2)12-8-9-15-10-12;/h3-7,11-12,15H,8-10H2,1-2H3;1H. The summed E-state index contributed by atoms with van der Waals surface area (Å²) < 4.78 is 5.65. The van der Waals surface area contributed by atoms with Crippen LogP contribution in [0.15, 0.2) is 30.3 Å². The Kier molecular flexibility index (Phi) is 6.12. The molecular formula is C14H21ClN2O2. The first-order valence-electron chi connectivity index (χ1n) is 6.37. The van der Waals surface area contributed by atoms with Crippen LogP contribution in [0.3, 0.4) is 0 Å². The summed E-state index contributed by atoms with van der Waals surface area (Å²) >= 11 is 0. The molecule has 5 heteroatoms. The molecule has 1 aromatic rings. The number of likely N-dealkylation sites (N-methyl/N-ethyl adjacent to an activating group) is 1. The van der Waals surface area contributed by atoms with Crippen molar-refractivity contribution in [3.63, 3.8) is 0 Å². The van der Waals surface area contributed by atoms with E-state index in [1.807, 2.05) is 37.4 Å². The monoisotopic (exact) mass is 284 g/mol. The Morgan fingerprint density at radius 1 is 1.42 bits per heavy atom. The van der Waals surface area contributed by atoms with E-state index in [1.165, 1.54) is 0 Å². The van der Waals surface area contributed by atoms with E-state index in [0.717, 1.165) is 25.3 Å². The molecule has 0 radical (unpaired) electrons. The van der Waals surface area contributed by atoms with Crippen LogP contribution in [0.1, 0.15) is 13.3 Å². The third kappa shape index (κ3) is 4.11. The fourth-order valence-electron chi connectivity index (χ4n) is 2.19. The number of carbonyl (C=O) groups is 1. The molecule has 0 spiro atoms. The zero-order valence-electron chi connectivity index (χ0n) is 11.3. The number of nitrogens with one attached hydrogen (secondary N) is 1. The summed E-state index contributed by atoms with van der Waals surface area (Å²) in [6.45, 7) is 3.66. The first-order valence-corrected chi connectivity index (χ1v) is 6.37. The SMILES string of the molecule is CC(Oc1ccccc1)C(=O)N(C)C1CCNC1.Cl. The molecule has 0 bridgehead atoms. The summed E-state index contributed by atoms with van der Waals surface area (Å²) in [6.07, 6.45) is 0.568. The maximum absolute atomic E-state index is 12.2. The minimum atomic E-state index is -0.446. The van der Waals surface area contributed by atoms with Crippen molar-refractivity contribution < 1.29 is 9.53 Å². The predicted molar refractivity (Wildman–Crippen MR) is 77.8 cm³/mol. The molecule has 0 saturated carbocycles. The maximum atomic E-state index is 12.2. The molecule has 1 aromatic carbocycles. The second-order valence-electron chi connectivity index (χ2n) is 4.67. The van der Waals surface area contributed by atoms with Crippen molar-refractivity contribution in [1.82, 2.24) is 10.2 Å². The Hall–Kier alpha value is -1.26. The molecule has 1 aliphatic heterocycles. The summed E-state index contributed by atoms with van der Waals surface area (Å²) in [5.74, 6) is 0.767. The number of halogens is 1. The number of hydrogen-bond donors (Lipinski definition) is 1. The second kappa shape index (κ2) is 7.36. The van der Waals surface area contributed by atoms with Gasteiger partial charge in [-0.15, -0.1) is 12.4 Å².